The number of hydrogen-bond donors (Lipinski definition) is 2. The average Bonchev–Trinajstić information content (AvgIpc) is 3.39. The molecule has 0 saturated heterocycles. The number of nitrogens with two attached hydrogens (primary N) is 1. The maximum Gasteiger partial charge on any atom is 0.268 e. The van der Waals surface area contributed by atoms with Gasteiger partial charge >= 0.3 is 0 Å². The Kier molecular flexibility index (Phi) is 4.97. The predicted molar refractivity (Wildman–Crippen MR) is 123 cm³/mol. The number of hydrogen-bond acceptors (Lipinski definition) is 6. The molecule has 5 rings (SSSR count). The zero-order chi connectivity index (χ0) is 22.3. The molecule has 10 heteroatoms. The van der Waals surface area contributed by atoms with Crippen LogP contribution < -0.4 is 10.7 Å². The molecule has 0 atom stereocenters. The molecule has 0 unspecified atom stereocenters. The lowest BCUT2D eigenvalue weighted by molar-refractivity contribution is 0.598. The van der Waals surface area contributed by atoms with Crippen molar-refractivity contribution in [3.8, 4) is 16.9 Å². The minimum atomic E-state index is -3.74. The fourth-order valence-corrected chi connectivity index (χ4v) is 4.93. The Bertz CT molecular complexity index is 1580. The van der Waals surface area contributed by atoms with Gasteiger partial charge < -0.3 is 4.98 Å². The quantitative estimate of drug-likeness (QED) is 0.415. The molecule has 5 aromatic rings. The molecule has 0 amide bonds. The van der Waals surface area contributed by atoms with Crippen molar-refractivity contribution in [2.75, 3.05) is 0 Å². The number of primary sulfonamides is 1. The maximum absolute atomic E-state index is 12.1. The molecule has 0 aliphatic carbocycles. The number of aromatic nitrogens is 4. The summed E-state index contributed by atoms with van der Waals surface area (Å²) in [4.78, 5) is 19.1. The molecule has 160 valence electrons. The number of H-pyrrole nitrogens is 1. The van der Waals surface area contributed by atoms with E-state index >= 15 is 0 Å². The molecule has 0 aliphatic heterocycles. The van der Waals surface area contributed by atoms with Crippen molar-refractivity contribution in [3.63, 3.8) is 0 Å². The molecule has 0 radical (unpaired) electrons. The van der Waals surface area contributed by atoms with Gasteiger partial charge in [0.15, 0.2) is 0 Å². The fourth-order valence-electron chi connectivity index (χ4n) is 3.53. The van der Waals surface area contributed by atoms with Crippen LogP contribution in [0.3, 0.4) is 0 Å². The second-order valence-electron chi connectivity index (χ2n) is 7.21. The molecule has 3 heterocycles. The highest BCUT2D eigenvalue weighted by Gasteiger charge is 2.17. The van der Waals surface area contributed by atoms with Crippen molar-refractivity contribution in [3.05, 3.63) is 94.0 Å². The molecule has 0 fully saturated rings. The highest BCUT2D eigenvalue weighted by atomic mass is 32.2. The normalized spacial score (nSPS) is 11.8. The summed E-state index contributed by atoms with van der Waals surface area (Å²) in [5.41, 5.74) is 4.74. The van der Waals surface area contributed by atoms with Crippen LogP contribution in [0.2, 0.25) is 0 Å². The standard InChI is InChI=1S/C22H17N5O3S2/c23-32(29,30)17-8-6-14(7-9-17)10-16-11-27(26-19(16)15-4-2-1-3-5-15)18-12-31-21-20(18)24-13-25-22(21)28/h1-9,11-13H,10H2,(H2,23,29,30)(H,24,25,28). The van der Waals surface area contributed by atoms with Gasteiger partial charge in [0.25, 0.3) is 5.56 Å². The van der Waals surface area contributed by atoms with Crippen molar-refractivity contribution in [1.82, 2.24) is 19.7 Å². The zero-order valence-electron chi connectivity index (χ0n) is 16.6. The van der Waals surface area contributed by atoms with Crippen LogP contribution >= 0.6 is 11.3 Å². The number of fused-ring (bicyclic) bond motifs is 1. The van der Waals surface area contributed by atoms with Crippen LogP contribution in [-0.4, -0.2) is 28.2 Å². The van der Waals surface area contributed by atoms with Crippen molar-refractivity contribution in [2.45, 2.75) is 11.3 Å². The van der Waals surface area contributed by atoms with E-state index in [0.717, 1.165) is 28.1 Å². The van der Waals surface area contributed by atoms with E-state index in [1.54, 1.807) is 16.8 Å². The van der Waals surface area contributed by atoms with Gasteiger partial charge in [0.05, 0.1) is 16.9 Å². The first-order valence-electron chi connectivity index (χ1n) is 9.61. The van der Waals surface area contributed by atoms with Crippen LogP contribution in [0.5, 0.6) is 0 Å². The van der Waals surface area contributed by atoms with Crippen LogP contribution in [0.4, 0.5) is 0 Å². The van der Waals surface area contributed by atoms with Crippen molar-refractivity contribution in [1.29, 1.82) is 0 Å². The fraction of sp³-hybridized carbons (Fsp3) is 0.0455. The summed E-state index contributed by atoms with van der Waals surface area (Å²) in [5, 5.41) is 11.9. The van der Waals surface area contributed by atoms with E-state index in [1.165, 1.54) is 29.8 Å². The van der Waals surface area contributed by atoms with Crippen LogP contribution in [0.15, 0.2) is 82.2 Å². The van der Waals surface area contributed by atoms with E-state index in [4.69, 9.17) is 10.2 Å². The Hall–Kier alpha value is -3.60. The van der Waals surface area contributed by atoms with E-state index in [-0.39, 0.29) is 10.5 Å². The first kappa shape index (κ1) is 20.3. The highest BCUT2D eigenvalue weighted by Crippen LogP contribution is 2.29. The molecule has 3 N–H and O–H groups in total. The van der Waals surface area contributed by atoms with Gasteiger partial charge in [-0.25, -0.2) is 23.2 Å². The van der Waals surface area contributed by atoms with Gasteiger partial charge in [-0.3, -0.25) is 4.79 Å². The first-order valence-corrected chi connectivity index (χ1v) is 12.0. The van der Waals surface area contributed by atoms with Gasteiger partial charge in [-0.05, 0) is 17.7 Å². The Morgan fingerprint density at radius 1 is 1.06 bits per heavy atom. The molecule has 3 aromatic heterocycles. The Morgan fingerprint density at radius 3 is 2.53 bits per heavy atom. The van der Waals surface area contributed by atoms with Crippen molar-refractivity contribution >= 4 is 31.6 Å². The number of rotatable bonds is 5. The smallest absolute Gasteiger partial charge is 0.268 e. The number of nitrogens with zero attached hydrogens (tertiary/aromatic N) is 3. The second-order valence-corrected chi connectivity index (χ2v) is 9.65. The second kappa shape index (κ2) is 7.83. The minimum Gasteiger partial charge on any atom is -0.312 e. The van der Waals surface area contributed by atoms with E-state index in [2.05, 4.69) is 9.97 Å². The summed E-state index contributed by atoms with van der Waals surface area (Å²) < 4.78 is 25.4. The third kappa shape index (κ3) is 3.75. The number of sulfonamides is 1. The van der Waals surface area contributed by atoms with Gasteiger partial charge in [-0.2, -0.15) is 5.10 Å². The van der Waals surface area contributed by atoms with E-state index < -0.39 is 10.0 Å². The van der Waals surface area contributed by atoms with Crippen LogP contribution in [0.25, 0.3) is 27.2 Å². The number of benzene rings is 2. The lowest BCUT2D eigenvalue weighted by atomic mass is 10.0. The number of thiophene rings is 1. The van der Waals surface area contributed by atoms with Crippen LogP contribution in [0, 0.1) is 0 Å². The van der Waals surface area contributed by atoms with Gasteiger partial charge in [-0.1, -0.05) is 42.5 Å². The Balaban J connectivity index is 1.61. The monoisotopic (exact) mass is 463 g/mol. The number of nitrogens with one attached hydrogen (secondary N) is 1. The summed E-state index contributed by atoms with van der Waals surface area (Å²) in [5.74, 6) is 0. The predicted octanol–water partition coefficient (Wildman–Crippen LogP) is 3.08. The SMILES string of the molecule is NS(=O)(=O)c1ccc(Cc2cn(-c3csc4c(=O)[nH]cnc34)nc2-c2ccccc2)cc1. The largest absolute Gasteiger partial charge is 0.312 e. The average molecular weight is 464 g/mol. The van der Waals surface area contributed by atoms with Gasteiger partial charge in [-0.15, -0.1) is 11.3 Å². The molecule has 8 nitrogen and oxygen atoms in total. The summed E-state index contributed by atoms with van der Waals surface area (Å²) in [6.45, 7) is 0. The Labute approximate surface area is 187 Å². The lowest BCUT2D eigenvalue weighted by Crippen LogP contribution is -2.11. The highest BCUT2D eigenvalue weighted by molar-refractivity contribution is 7.89. The van der Waals surface area contributed by atoms with Crippen molar-refractivity contribution < 1.29 is 8.42 Å². The van der Waals surface area contributed by atoms with E-state index in [0.29, 0.717) is 16.6 Å². The first-order chi connectivity index (χ1) is 15.4. The third-order valence-electron chi connectivity index (χ3n) is 5.07. The third-order valence-corrected chi connectivity index (χ3v) is 6.96. The maximum atomic E-state index is 12.1. The zero-order valence-corrected chi connectivity index (χ0v) is 18.2. The summed E-state index contributed by atoms with van der Waals surface area (Å²) in [6, 6.07) is 16.3. The van der Waals surface area contributed by atoms with Crippen LogP contribution in [0.1, 0.15) is 11.1 Å². The van der Waals surface area contributed by atoms with Gasteiger partial charge in [0.2, 0.25) is 10.0 Å². The number of aromatic amines is 1. The summed E-state index contributed by atoms with van der Waals surface area (Å²) in [6.07, 6.45) is 3.84. The molecule has 0 saturated carbocycles. The van der Waals surface area contributed by atoms with E-state index in [9.17, 15) is 13.2 Å². The molecule has 2 aromatic carbocycles. The molecule has 32 heavy (non-hydrogen) atoms. The molecule has 0 aliphatic rings. The minimum absolute atomic E-state index is 0.0706. The molecular weight excluding hydrogens is 446 g/mol. The summed E-state index contributed by atoms with van der Waals surface area (Å²) in [7, 11) is -3.74. The van der Waals surface area contributed by atoms with Gasteiger partial charge in [0, 0.05) is 29.1 Å². The molecule has 0 bridgehead atoms. The lowest BCUT2D eigenvalue weighted by Gasteiger charge is -2.04. The molecular formula is C22H17N5O3S2. The van der Waals surface area contributed by atoms with Crippen LogP contribution in [-0.2, 0) is 16.4 Å². The molecule has 0 spiro atoms. The van der Waals surface area contributed by atoms with Gasteiger partial charge in [0.1, 0.15) is 15.9 Å². The van der Waals surface area contributed by atoms with Crippen molar-refractivity contribution in [2.24, 2.45) is 5.14 Å². The topological polar surface area (TPSA) is 124 Å². The Morgan fingerprint density at radius 2 is 1.81 bits per heavy atom. The van der Waals surface area contributed by atoms with E-state index in [1.807, 2.05) is 41.9 Å². The summed E-state index contributed by atoms with van der Waals surface area (Å²) >= 11 is 1.32.